The molecule has 1 aliphatic heterocycles. The van der Waals surface area contributed by atoms with Crippen molar-refractivity contribution in [3.05, 3.63) is 51.7 Å². The van der Waals surface area contributed by atoms with Gasteiger partial charge in [-0.05, 0) is 45.8 Å². The number of alkyl halides is 3. The maximum Gasteiger partial charge on any atom is 0.490 e. The molecule has 1 aliphatic rings. The van der Waals surface area contributed by atoms with Gasteiger partial charge in [-0.2, -0.15) is 13.2 Å². The van der Waals surface area contributed by atoms with Gasteiger partial charge in [-0.1, -0.05) is 17.7 Å². The number of ether oxygens (including phenoxy) is 1. The van der Waals surface area contributed by atoms with Gasteiger partial charge in [0.05, 0.1) is 30.3 Å². The van der Waals surface area contributed by atoms with E-state index in [1.807, 2.05) is 18.2 Å². The topological polar surface area (TPSA) is 113 Å². The molecule has 0 bridgehead atoms. The molecule has 3 rings (SSSR count). The smallest absolute Gasteiger partial charge is 0.475 e. The van der Waals surface area contributed by atoms with E-state index in [1.54, 1.807) is 12.1 Å². The Labute approximate surface area is 188 Å². The fourth-order valence-corrected chi connectivity index (χ4v) is 2.95. The Morgan fingerprint density at radius 2 is 1.97 bits per heavy atom. The molecule has 1 unspecified atom stereocenters. The van der Waals surface area contributed by atoms with Crippen LogP contribution in [0.5, 0.6) is 0 Å². The van der Waals surface area contributed by atoms with Crippen LogP contribution in [-0.4, -0.2) is 48.0 Å². The number of halogens is 5. The number of benzene rings is 1. The summed E-state index contributed by atoms with van der Waals surface area (Å²) >= 11 is 9.21. The van der Waals surface area contributed by atoms with Gasteiger partial charge in [0.25, 0.3) is 0 Å². The van der Waals surface area contributed by atoms with E-state index in [2.05, 4.69) is 36.9 Å². The number of hydrogen-bond acceptors (Lipinski definition) is 5. The number of carbonyl (C=O) groups is 2. The molecule has 0 spiro atoms. The first kappa shape index (κ1) is 24.9. The molecule has 31 heavy (non-hydrogen) atoms. The third kappa shape index (κ3) is 8.32. The summed E-state index contributed by atoms with van der Waals surface area (Å²) in [5.74, 6) is -2.76. The summed E-state index contributed by atoms with van der Waals surface area (Å²) in [6.45, 7) is 2.35. The Balaban J connectivity index is 0.000000423. The van der Waals surface area contributed by atoms with Gasteiger partial charge >= 0.3 is 18.2 Å². The Morgan fingerprint density at radius 3 is 2.48 bits per heavy atom. The zero-order chi connectivity index (χ0) is 23.0. The number of carboxylic acid groups (broad SMARTS) is 1. The average Bonchev–Trinajstić information content (AvgIpc) is 2.71. The summed E-state index contributed by atoms with van der Waals surface area (Å²) in [6.07, 6.45) is -3.56. The molecule has 0 radical (unpaired) electrons. The predicted octanol–water partition coefficient (Wildman–Crippen LogP) is 4.44. The van der Waals surface area contributed by atoms with Gasteiger partial charge in [0.1, 0.15) is 5.15 Å². The summed E-state index contributed by atoms with van der Waals surface area (Å²) in [5.41, 5.74) is 2.29. The number of carbonyl (C=O) groups excluding carboxylic acids is 1. The Kier molecular flexibility index (Phi) is 9.04. The number of urea groups is 1. The molecule has 13 heteroatoms. The zero-order valence-corrected chi connectivity index (χ0v) is 18.0. The first-order chi connectivity index (χ1) is 14.6. The van der Waals surface area contributed by atoms with E-state index in [0.29, 0.717) is 23.1 Å². The number of pyridine rings is 1. The second kappa shape index (κ2) is 11.3. The Morgan fingerprint density at radius 1 is 1.26 bits per heavy atom. The zero-order valence-electron chi connectivity index (χ0n) is 15.7. The van der Waals surface area contributed by atoms with Crippen LogP contribution in [0.4, 0.5) is 29.3 Å². The molecular weight excluding hydrogens is 509 g/mol. The van der Waals surface area contributed by atoms with E-state index >= 15 is 0 Å². The van der Waals surface area contributed by atoms with Crippen molar-refractivity contribution < 1.29 is 32.6 Å². The second-order valence-corrected chi connectivity index (χ2v) is 7.30. The Hall–Kier alpha value is -2.41. The highest BCUT2D eigenvalue weighted by Gasteiger charge is 2.38. The highest BCUT2D eigenvalue weighted by atomic mass is 79.9. The van der Waals surface area contributed by atoms with E-state index in [4.69, 9.17) is 26.2 Å². The maximum atomic E-state index is 12.1. The van der Waals surface area contributed by atoms with Crippen molar-refractivity contribution >= 4 is 50.9 Å². The molecule has 1 atom stereocenters. The minimum absolute atomic E-state index is 0.0260. The summed E-state index contributed by atoms with van der Waals surface area (Å²) in [5, 5.41) is 16.3. The molecule has 0 saturated carbocycles. The molecule has 1 aromatic carbocycles. The van der Waals surface area contributed by atoms with Gasteiger partial charge in [0.15, 0.2) is 0 Å². The van der Waals surface area contributed by atoms with Crippen LogP contribution in [0, 0.1) is 0 Å². The number of morpholine rings is 1. The number of nitrogens with zero attached hydrogens (tertiary/aromatic N) is 1. The summed E-state index contributed by atoms with van der Waals surface area (Å²) in [4.78, 5) is 24.9. The first-order valence-corrected chi connectivity index (χ1v) is 9.85. The highest BCUT2D eigenvalue weighted by Crippen LogP contribution is 2.28. The molecular formula is C18H17BrClF3N4O4. The summed E-state index contributed by atoms with van der Waals surface area (Å²) in [6, 6.07) is 8.68. The lowest BCUT2D eigenvalue weighted by molar-refractivity contribution is -0.192. The van der Waals surface area contributed by atoms with Crippen LogP contribution in [0.25, 0.3) is 0 Å². The van der Waals surface area contributed by atoms with Crippen LogP contribution in [0.3, 0.4) is 0 Å². The van der Waals surface area contributed by atoms with Crippen molar-refractivity contribution in [1.29, 1.82) is 0 Å². The maximum absolute atomic E-state index is 12.1. The fourth-order valence-electron chi connectivity index (χ4n) is 2.35. The molecule has 1 saturated heterocycles. The second-order valence-electron chi connectivity index (χ2n) is 6.05. The van der Waals surface area contributed by atoms with Crippen LogP contribution < -0.4 is 16.0 Å². The van der Waals surface area contributed by atoms with Crippen molar-refractivity contribution in [1.82, 2.24) is 10.3 Å². The first-order valence-electron chi connectivity index (χ1n) is 8.67. The number of aromatic nitrogens is 1. The number of nitrogens with one attached hydrogen (secondary N) is 3. The van der Waals surface area contributed by atoms with Crippen LogP contribution in [0.2, 0.25) is 5.15 Å². The lowest BCUT2D eigenvalue weighted by Gasteiger charge is -2.24. The summed E-state index contributed by atoms with van der Waals surface area (Å²) in [7, 11) is 0. The monoisotopic (exact) mass is 524 g/mol. The standard InChI is InChI=1S/C16H16BrClN4O2.C2HF3O2/c17-12-7-10(14-9-19-5-6-24-14)1-3-13(12)22-16(23)21-11-2-4-15(18)20-8-11;3-2(4,5)1(6)7/h1-4,7-8,14,19H,5-6,9H2,(H2,21,22,23);(H,6,7). The lowest BCUT2D eigenvalue weighted by Crippen LogP contribution is -2.33. The largest absolute Gasteiger partial charge is 0.490 e. The van der Waals surface area contributed by atoms with Gasteiger partial charge in [-0.25, -0.2) is 14.6 Å². The van der Waals surface area contributed by atoms with Crippen molar-refractivity contribution in [3.8, 4) is 0 Å². The van der Waals surface area contributed by atoms with Gasteiger partial charge in [0.2, 0.25) is 0 Å². The normalized spacial score (nSPS) is 16.0. The number of anilines is 2. The number of aliphatic carboxylic acids is 1. The minimum Gasteiger partial charge on any atom is -0.475 e. The van der Waals surface area contributed by atoms with Crippen LogP contribution in [0.15, 0.2) is 41.0 Å². The van der Waals surface area contributed by atoms with Crippen molar-refractivity contribution in [2.75, 3.05) is 30.3 Å². The van der Waals surface area contributed by atoms with Crippen molar-refractivity contribution in [2.45, 2.75) is 12.3 Å². The van der Waals surface area contributed by atoms with Gasteiger partial charge in [-0.3, -0.25) is 0 Å². The SMILES string of the molecule is O=C(Nc1ccc(Cl)nc1)Nc1ccc(C2CNCCO2)cc1Br.O=C(O)C(F)(F)F. The molecule has 2 amide bonds. The highest BCUT2D eigenvalue weighted by molar-refractivity contribution is 9.10. The van der Waals surface area contributed by atoms with Crippen LogP contribution >= 0.6 is 27.5 Å². The van der Waals surface area contributed by atoms with Crippen LogP contribution in [-0.2, 0) is 9.53 Å². The van der Waals surface area contributed by atoms with Gasteiger partial charge < -0.3 is 25.8 Å². The predicted molar refractivity (Wildman–Crippen MR) is 111 cm³/mol. The van der Waals surface area contributed by atoms with Gasteiger partial charge in [0, 0.05) is 17.6 Å². The van der Waals surface area contributed by atoms with E-state index in [1.165, 1.54) is 6.20 Å². The third-order valence-corrected chi connectivity index (χ3v) is 4.65. The molecule has 1 fully saturated rings. The number of hydrogen-bond donors (Lipinski definition) is 4. The number of carboxylic acids is 1. The van der Waals surface area contributed by atoms with Crippen LogP contribution in [0.1, 0.15) is 11.7 Å². The van der Waals surface area contributed by atoms with Crippen molar-refractivity contribution in [2.24, 2.45) is 0 Å². The molecule has 8 nitrogen and oxygen atoms in total. The van der Waals surface area contributed by atoms with Gasteiger partial charge in [-0.15, -0.1) is 0 Å². The van der Waals surface area contributed by atoms with E-state index in [0.717, 1.165) is 23.1 Å². The average molecular weight is 526 g/mol. The Bertz CT molecular complexity index is 910. The lowest BCUT2D eigenvalue weighted by atomic mass is 10.1. The molecule has 2 heterocycles. The minimum atomic E-state index is -5.08. The van der Waals surface area contributed by atoms with E-state index < -0.39 is 12.1 Å². The number of amides is 2. The molecule has 1 aromatic heterocycles. The molecule has 168 valence electrons. The molecule has 4 N–H and O–H groups in total. The van der Waals surface area contributed by atoms with E-state index in [-0.39, 0.29) is 12.1 Å². The van der Waals surface area contributed by atoms with E-state index in [9.17, 15) is 18.0 Å². The fraction of sp³-hybridized carbons (Fsp3) is 0.278. The molecule has 2 aromatic rings. The summed E-state index contributed by atoms with van der Waals surface area (Å²) < 4.78 is 38.3. The quantitative estimate of drug-likeness (QED) is 0.441. The third-order valence-electron chi connectivity index (χ3n) is 3.77. The molecule has 0 aliphatic carbocycles. The van der Waals surface area contributed by atoms with Crippen molar-refractivity contribution in [3.63, 3.8) is 0 Å². The number of rotatable bonds is 3.